The molecular weight excluding hydrogens is 351 g/mol. The lowest BCUT2D eigenvalue weighted by Gasteiger charge is -2.36. The summed E-state index contributed by atoms with van der Waals surface area (Å²) in [6.45, 7) is 0.522. The average Bonchev–Trinajstić information content (AvgIpc) is 2.45. The van der Waals surface area contributed by atoms with Gasteiger partial charge in [-0.25, -0.2) is 0 Å². The lowest BCUT2D eigenvalue weighted by molar-refractivity contribution is -0.139. The maximum Gasteiger partial charge on any atom is 0.416 e. The fourth-order valence-corrected chi connectivity index (χ4v) is 2.83. The van der Waals surface area contributed by atoms with E-state index in [9.17, 15) is 22.8 Å². The Hall–Kier alpha value is -1.80. The Bertz CT molecular complexity index is 642. The molecule has 1 aromatic rings. The van der Waals surface area contributed by atoms with E-state index in [1.165, 1.54) is 0 Å². The van der Waals surface area contributed by atoms with Gasteiger partial charge in [0.25, 0.3) is 5.91 Å². The van der Waals surface area contributed by atoms with Crippen LogP contribution in [0.3, 0.4) is 0 Å². The monoisotopic (exact) mass is 365 g/mol. The van der Waals surface area contributed by atoms with E-state index in [4.69, 9.17) is 21.4 Å². The molecule has 1 aromatic carbocycles. The highest BCUT2D eigenvalue weighted by molar-refractivity contribution is 6.31. The first-order chi connectivity index (χ1) is 11.1. The van der Waals surface area contributed by atoms with Crippen LogP contribution in [0, 0.1) is 0 Å². The van der Waals surface area contributed by atoms with Crippen LogP contribution in [0.1, 0.15) is 35.2 Å². The number of nitrogens with one attached hydrogen (secondary N) is 1. The van der Waals surface area contributed by atoms with Crippen LogP contribution in [0.25, 0.3) is 0 Å². The molecule has 0 aliphatic carbocycles. The molecule has 0 spiro atoms. The van der Waals surface area contributed by atoms with E-state index in [1.54, 1.807) is 0 Å². The number of hydrogen-bond acceptors (Lipinski definition) is 3. The van der Waals surface area contributed by atoms with E-state index in [1.807, 2.05) is 0 Å². The minimum atomic E-state index is -4.64. The fourth-order valence-electron chi connectivity index (χ4n) is 2.59. The molecule has 5 nitrogen and oxygen atoms in total. The molecule has 1 heterocycles. The predicted octanol–water partition coefficient (Wildman–Crippen LogP) is 3.11. The molecule has 0 saturated carbocycles. The van der Waals surface area contributed by atoms with Gasteiger partial charge >= 0.3 is 12.1 Å². The van der Waals surface area contributed by atoms with Gasteiger partial charge in [-0.2, -0.15) is 13.2 Å². The number of hydrogen-bond donors (Lipinski definition) is 2. The third-order valence-corrected chi connectivity index (χ3v) is 4.02. The number of ether oxygens (including phenoxy) is 1. The highest BCUT2D eigenvalue weighted by Crippen LogP contribution is 2.32. The van der Waals surface area contributed by atoms with Crippen molar-refractivity contribution in [3.05, 3.63) is 34.3 Å². The maximum atomic E-state index is 12.8. The number of amides is 1. The highest BCUT2D eigenvalue weighted by atomic mass is 35.5. The molecule has 1 fully saturated rings. The van der Waals surface area contributed by atoms with Crippen LogP contribution >= 0.6 is 11.6 Å². The van der Waals surface area contributed by atoms with E-state index in [2.05, 4.69) is 5.32 Å². The van der Waals surface area contributed by atoms with E-state index in [0.29, 0.717) is 6.07 Å². The first kappa shape index (κ1) is 18.5. The molecule has 2 N–H and O–H groups in total. The number of carboxylic acid groups (broad SMARTS) is 1. The van der Waals surface area contributed by atoms with Crippen molar-refractivity contribution in [2.24, 2.45) is 0 Å². The Balaban J connectivity index is 2.27. The predicted molar refractivity (Wildman–Crippen MR) is 79.0 cm³/mol. The summed E-state index contributed by atoms with van der Waals surface area (Å²) in [5.74, 6) is -1.91. The Kier molecular flexibility index (Phi) is 5.39. The van der Waals surface area contributed by atoms with Crippen molar-refractivity contribution in [2.45, 2.75) is 31.0 Å². The molecule has 24 heavy (non-hydrogen) atoms. The number of aliphatic carboxylic acids is 1. The molecule has 1 saturated heterocycles. The molecule has 132 valence electrons. The number of carbonyl (C=O) groups excluding carboxylic acids is 1. The molecule has 0 radical (unpaired) electrons. The topological polar surface area (TPSA) is 75.6 Å². The van der Waals surface area contributed by atoms with E-state index < -0.39 is 29.2 Å². The standard InChI is InChI=1S/C15H15ClF3NO4/c16-11-6-9(5-10(7-11)15(17,18)19)13(23)20-14(8-12(21)22)1-3-24-4-2-14/h5-7H,1-4,8H2,(H,20,23)(H,21,22). The molecule has 0 atom stereocenters. The lowest BCUT2D eigenvalue weighted by atomic mass is 9.86. The zero-order chi connectivity index (χ0) is 18.0. The third kappa shape index (κ3) is 4.61. The van der Waals surface area contributed by atoms with E-state index >= 15 is 0 Å². The minimum absolute atomic E-state index is 0.228. The van der Waals surface area contributed by atoms with Crippen molar-refractivity contribution >= 4 is 23.5 Å². The van der Waals surface area contributed by atoms with Gasteiger partial charge in [0.15, 0.2) is 0 Å². The minimum Gasteiger partial charge on any atom is -0.481 e. The summed E-state index contributed by atoms with van der Waals surface area (Å²) in [5.41, 5.74) is -2.37. The van der Waals surface area contributed by atoms with E-state index in [0.717, 1.165) is 12.1 Å². The summed E-state index contributed by atoms with van der Waals surface area (Å²) >= 11 is 5.67. The normalized spacial score (nSPS) is 17.3. The van der Waals surface area contributed by atoms with Gasteiger partial charge in [-0.15, -0.1) is 0 Å². The van der Waals surface area contributed by atoms with Crippen LogP contribution in [-0.2, 0) is 15.7 Å². The molecule has 0 unspecified atom stereocenters. The van der Waals surface area contributed by atoms with Gasteiger partial charge < -0.3 is 15.2 Å². The van der Waals surface area contributed by atoms with Crippen molar-refractivity contribution < 1.29 is 32.6 Å². The summed E-state index contributed by atoms with van der Waals surface area (Å²) in [5, 5.41) is 11.4. The van der Waals surface area contributed by atoms with Gasteiger partial charge in [-0.3, -0.25) is 9.59 Å². The molecule has 9 heteroatoms. The maximum absolute atomic E-state index is 12.8. The number of alkyl halides is 3. The Labute approximate surface area is 140 Å². The molecule has 1 aliphatic rings. The fraction of sp³-hybridized carbons (Fsp3) is 0.467. The van der Waals surface area contributed by atoms with E-state index in [-0.39, 0.29) is 43.1 Å². The average molecular weight is 366 g/mol. The number of carbonyl (C=O) groups is 2. The second-order valence-corrected chi connectivity index (χ2v) is 6.08. The first-order valence-electron chi connectivity index (χ1n) is 7.11. The highest BCUT2D eigenvalue weighted by Gasteiger charge is 2.37. The number of halogens is 4. The summed E-state index contributed by atoms with van der Waals surface area (Å²) in [4.78, 5) is 23.4. The van der Waals surface area contributed by atoms with Crippen molar-refractivity contribution in [3.8, 4) is 0 Å². The number of carboxylic acids is 1. The van der Waals surface area contributed by atoms with Crippen molar-refractivity contribution in [3.63, 3.8) is 0 Å². The van der Waals surface area contributed by atoms with Gasteiger partial charge in [0.1, 0.15) is 0 Å². The van der Waals surface area contributed by atoms with Crippen LogP contribution in [0.5, 0.6) is 0 Å². The van der Waals surface area contributed by atoms with Crippen LogP contribution < -0.4 is 5.32 Å². The summed E-state index contributed by atoms with van der Waals surface area (Å²) in [6, 6.07) is 2.52. The number of rotatable bonds is 4. The molecular formula is C15H15ClF3NO4. The summed E-state index contributed by atoms with van der Waals surface area (Å²) < 4.78 is 43.7. The van der Waals surface area contributed by atoms with Crippen LogP contribution in [0.4, 0.5) is 13.2 Å². The Morgan fingerprint density at radius 3 is 2.42 bits per heavy atom. The molecule has 0 bridgehead atoms. The quantitative estimate of drug-likeness (QED) is 0.859. The van der Waals surface area contributed by atoms with Crippen LogP contribution in [0.15, 0.2) is 18.2 Å². The Morgan fingerprint density at radius 1 is 1.25 bits per heavy atom. The largest absolute Gasteiger partial charge is 0.481 e. The van der Waals surface area contributed by atoms with Crippen LogP contribution in [0.2, 0.25) is 5.02 Å². The second kappa shape index (κ2) is 6.98. The molecule has 0 aromatic heterocycles. The summed E-state index contributed by atoms with van der Waals surface area (Å²) in [7, 11) is 0. The second-order valence-electron chi connectivity index (χ2n) is 5.64. The third-order valence-electron chi connectivity index (χ3n) is 3.81. The van der Waals surface area contributed by atoms with Gasteiger partial charge in [-0.1, -0.05) is 11.6 Å². The van der Waals surface area contributed by atoms with Gasteiger partial charge in [-0.05, 0) is 31.0 Å². The van der Waals surface area contributed by atoms with Crippen molar-refractivity contribution in [1.29, 1.82) is 0 Å². The first-order valence-corrected chi connectivity index (χ1v) is 7.49. The zero-order valence-corrected chi connectivity index (χ0v) is 13.2. The summed E-state index contributed by atoms with van der Waals surface area (Å²) in [6.07, 6.45) is -4.46. The lowest BCUT2D eigenvalue weighted by Crippen LogP contribution is -2.53. The van der Waals surface area contributed by atoms with Gasteiger partial charge in [0.2, 0.25) is 0 Å². The SMILES string of the molecule is O=C(O)CC1(NC(=O)c2cc(Cl)cc(C(F)(F)F)c2)CCOCC1. The molecule has 2 rings (SSSR count). The Morgan fingerprint density at radius 2 is 1.88 bits per heavy atom. The van der Waals surface area contributed by atoms with Crippen LogP contribution in [-0.4, -0.2) is 35.7 Å². The molecule has 1 amide bonds. The zero-order valence-electron chi connectivity index (χ0n) is 12.5. The van der Waals surface area contributed by atoms with Crippen molar-refractivity contribution in [2.75, 3.05) is 13.2 Å². The van der Waals surface area contributed by atoms with Crippen molar-refractivity contribution in [1.82, 2.24) is 5.32 Å². The molecule has 1 aliphatic heterocycles. The number of benzene rings is 1. The smallest absolute Gasteiger partial charge is 0.416 e. The van der Waals surface area contributed by atoms with Gasteiger partial charge in [0.05, 0.1) is 17.5 Å². The van der Waals surface area contributed by atoms with Gasteiger partial charge in [0, 0.05) is 23.8 Å².